The lowest BCUT2D eigenvalue weighted by molar-refractivity contribution is -0.896. The fourth-order valence-electron chi connectivity index (χ4n) is 4.35. The summed E-state index contributed by atoms with van der Waals surface area (Å²) in [4.78, 5) is 28.1. The summed E-state index contributed by atoms with van der Waals surface area (Å²) in [5.41, 5.74) is -0.678. The quantitative estimate of drug-likeness (QED) is 0.712. The van der Waals surface area contributed by atoms with Gasteiger partial charge in [0.2, 0.25) is 6.10 Å². The molecule has 2 N–H and O–H groups in total. The first-order valence-electron chi connectivity index (χ1n) is 10.3. The lowest BCUT2D eigenvalue weighted by Gasteiger charge is -2.35. The van der Waals surface area contributed by atoms with Crippen LogP contribution in [0.3, 0.4) is 0 Å². The van der Waals surface area contributed by atoms with Crippen molar-refractivity contribution in [3.8, 4) is 17.6 Å². The molecule has 2 heterocycles. The third-order valence-corrected chi connectivity index (χ3v) is 6.03. The summed E-state index contributed by atoms with van der Waals surface area (Å²) < 4.78 is 11.5. The molecule has 1 aliphatic carbocycles. The topological polar surface area (TPSA) is 96.1 Å². The zero-order valence-electron chi connectivity index (χ0n) is 16.5. The van der Waals surface area contributed by atoms with Gasteiger partial charge in [0, 0.05) is 0 Å². The van der Waals surface area contributed by atoms with E-state index in [2.05, 4.69) is 11.4 Å². The molecule has 1 aromatic rings. The minimum absolute atomic E-state index is 0.0719. The lowest BCUT2D eigenvalue weighted by Crippen LogP contribution is -3.16. The van der Waals surface area contributed by atoms with Crippen LogP contribution in [0.25, 0.3) is 0 Å². The maximum absolute atomic E-state index is 12.8. The van der Waals surface area contributed by atoms with Crippen molar-refractivity contribution in [3.63, 3.8) is 0 Å². The van der Waals surface area contributed by atoms with Crippen LogP contribution < -0.4 is 19.7 Å². The Kier molecular flexibility index (Phi) is 5.58. The van der Waals surface area contributed by atoms with Crippen LogP contribution in [0.4, 0.5) is 0 Å². The van der Waals surface area contributed by atoms with Crippen LogP contribution in [0.5, 0.6) is 11.5 Å². The lowest BCUT2D eigenvalue weighted by atomic mass is 10.00. The Hall–Kier alpha value is -2.79. The zero-order valence-corrected chi connectivity index (χ0v) is 16.5. The van der Waals surface area contributed by atoms with E-state index in [4.69, 9.17) is 9.47 Å². The highest BCUT2D eigenvalue weighted by molar-refractivity contribution is 5.82. The summed E-state index contributed by atoms with van der Waals surface area (Å²) in [7, 11) is 0. The minimum atomic E-state index is -0.678. The van der Waals surface area contributed by atoms with Gasteiger partial charge < -0.3 is 24.6 Å². The standard InChI is InChI=1S/C21H26N4O4/c22-15-21(7-3-4-8-21)23-19(26)13-24-9-11-25(12-10-24)20(27)18-14-28-16-5-1-2-6-17(16)29-18/h1-2,5-6,18H,3-4,7-14H2,(H,23,26)/p+1/t18-/m0/s1. The van der Waals surface area contributed by atoms with Gasteiger partial charge >= 0.3 is 0 Å². The van der Waals surface area contributed by atoms with Crippen molar-refractivity contribution in [2.75, 3.05) is 39.3 Å². The molecule has 0 bridgehead atoms. The van der Waals surface area contributed by atoms with E-state index in [0.717, 1.165) is 30.6 Å². The third-order valence-electron chi connectivity index (χ3n) is 6.03. The molecule has 8 heteroatoms. The first kappa shape index (κ1) is 19.5. The Bertz CT molecular complexity index is 807. The maximum atomic E-state index is 12.8. The summed E-state index contributed by atoms with van der Waals surface area (Å²) in [6.07, 6.45) is 2.81. The first-order chi connectivity index (χ1) is 14.1. The molecule has 8 nitrogen and oxygen atoms in total. The van der Waals surface area contributed by atoms with Crippen LogP contribution in [0.15, 0.2) is 24.3 Å². The summed E-state index contributed by atoms with van der Waals surface area (Å²) >= 11 is 0. The molecule has 3 aliphatic rings. The van der Waals surface area contributed by atoms with Crippen LogP contribution in [0.2, 0.25) is 0 Å². The molecule has 4 rings (SSSR count). The van der Waals surface area contributed by atoms with Crippen LogP contribution in [-0.4, -0.2) is 67.7 Å². The molecular weight excluding hydrogens is 372 g/mol. The van der Waals surface area contributed by atoms with E-state index < -0.39 is 11.6 Å². The molecule has 0 spiro atoms. The van der Waals surface area contributed by atoms with Gasteiger partial charge in [-0.05, 0) is 37.8 Å². The smallest absolute Gasteiger partial charge is 0.276 e. The van der Waals surface area contributed by atoms with Crippen molar-refractivity contribution in [1.82, 2.24) is 10.2 Å². The fraction of sp³-hybridized carbons (Fsp3) is 0.571. The highest BCUT2D eigenvalue weighted by Gasteiger charge is 2.37. The minimum Gasteiger partial charge on any atom is -0.485 e. The molecule has 1 saturated heterocycles. The summed E-state index contributed by atoms with van der Waals surface area (Å²) in [5, 5.41) is 12.4. The number of nitrogens with one attached hydrogen (secondary N) is 2. The number of nitrogens with zero attached hydrogens (tertiary/aromatic N) is 2. The second-order valence-corrected chi connectivity index (χ2v) is 8.07. The van der Waals surface area contributed by atoms with E-state index in [1.165, 1.54) is 0 Å². The Morgan fingerprint density at radius 2 is 1.90 bits per heavy atom. The van der Waals surface area contributed by atoms with Gasteiger partial charge in [-0.25, -0.2) is 0 Å². The zero-order chi connectivity index (χ0) is 20.3. The molecule has 0 radical (unpaired) electrons. The second-order valence-electron chi connectivity index (χ2n) is 8.07. The van der Waals surface area contributed by atoms with Crippen molar-refractivity contribution in [2.24, 2.45) is 0 Å². The van der Waals surface area contributed by atoms with E-state index >= 15 is 0 Å². The van der Waals surface area contributed by atoms with Crippen LogP contribution in [0.1, 0.15) is 25.7 Å². The number of para-hydroxylation sites is 2. The Morgan fingerprint density at radius 1 is 1.21 bits per heavy atom. The SMILES string of the molecule is N#CC1(NC(=O)C[NH+]2CCN(C(=O)[C@@H]3COc4ccccc4O3)CC2)CCCC1. The number of quaternary nitrogens is 1. The Morgan fingerprint density at radius 3 is 2.59 bits per heavy atom. The van der Waals surface area contributed by atoms with E-state index in [1.807, 2.05) is 18.2 Å². The molecular formula is C21H27N4O4+. The molecule has 2 amide bonds. The number of fused-ring (bicyclic) bond motifs is 1. The normalized spacial score (nSPS) is 23.3. The van der Waals surface area contributed by atoms with Gasteiger partial charge in [0.1, 0.15) is 12.1 Å². The predicted octanol–water partition coefficient (Wildman–Crippen LogP) is -0.494. The van der Waals surface area contributed by atoms with Crippen molar-refractivity contribution in [3.05, 3.63) is 24.3 Å². The average molecular weight is 399 g/mol. The summed E-state index contributed by atoms with van der Waals surface area (Å²) in [6.45, 7) is 3.09. The van der Waals surface area contributed by atoms with E-state index in [9.17, 15) is 14.9 Å². The Balaban J connectivity index is 1.25. The number of carbonyl (C=O) groups excluding carboxylic acids is 2. The van der Waals surface area contributed by atoms with E-state index in [1.54, 1.807) is 11.0 Å². The van der Waals surface area contributed by atoms with Gasteiger partial charge in [-0.15, -0.1) is 0 Å². The number of amides is 2. The average Bonchev–Trinajstić information content (AvgIpc) is 3.22. The molecule has 29 heavy (non-hydrogen) atoms. The molecule has 2 fully saturated rings. The molecule has 1 saturated carbocycles. The van der Waals surface area contributed by atoms with Crippen LogP contribution in [-0.2, 0) is 9.59 Å². The van der Waals surface area contributed by atoms with Gasteiger partial charge in [0.15, 0.2) is 18.0 Å². The number of nitriles is 1. The van der Waals surface area contributed by atoms with Gasteiger partial charge in [0.25, 0.3) is 11.8 Å². The number of carbonyl (C=O) groups is 2. The number of ether oxygens (including phenoxy) is 2. The van der Waals surface area contributed by atoms with Gasteiger partial charge in [-0.2, -0.15) is 5.26 Å². The predicted molar refractivity (Wildman–Crippen MR) is 103 cm³/mol. The summed E-state index contributed by atoms with van der Waals surface area (Å²) in [5.74, 6) is 1.10. The van der Waals surface area contributed by atoms with Crippen LogP contribution >= 0.6 is 0 Å². The molecule has 1 aromatic carbocycles. The number of hydrogen-bond acceptors (Lipinski definition) is 5. The monoisotopic (exact) mass is 399 g/mol. The second kappa shape index (κ2) is 8.29. The molecule has 154 valence electrons. The van der Waals surface area contributed by atoms with Crippen molar-refractivity contribution in [2.45, 2.75) is 37.3 Å². The van der Waals surface area contributed by atoms with E-state index in [-0.39, 0.29) is 18.4 Å². The first-order valence-corrected chi connectivity index (χ1v) is 10.3. The number of piperazine rings is 1. The number of hydrogen-bond donors (Lipinski definition) is 2. The largest absolute Gasteiger partial charge is 0.485 e. The number of rotatable bonds is 4. The van der Waals surface area contributed by atoms with Gasteiger partial charge in [-0.1, -0.05) is 12.1 Å². The fourth-order valence-corrected chi connectivity index (χ4v) is 4.35. The van der Waals surface area contributed by atoms with Gasteiger partial charge in [-0.3, -0.25) is 9.59 Å². The van der Waals surface area contributed by atoms with Crippen molar-refractivity contribution in [1.29, 1.82) is 5.26 Å². The maximum Gasteiger partial charge on any atom is 0.276 e. The van der Waals surface area contributed by atoms with Crippen LogP contribution in [0, 0.1) is 11.3 Å². The highest BCUT2D eigenvalue weighted by Crippen LogP contribution is 2.31. The Labute approximate surface area is 170 Å². The van der Waals surface area contributed by atoms with Crippen molar-refractivity contribution >= 4 is 11.8 Å². The van der Waals surface area contributed by atoms with E-state index in [0.29, 0.717) is 44.2 Å². The number of benzene rings is 1. The van der Waals surface area contributed by atoms with Gasteiger partial charge in [0.05, 0.1) is 32.2 Å². The third kappa shape index (κ3) is 4.30. The molecule has 1 atom stereocenters. The molecule has 2 aliphatic heterocycles. The molecule has 0 aromatic heterocycles. The molecule has 0 unspecified atom stereocenters. The van der Waals surface area contributed by atoms with Crippen molar-refractivity contribution < 1.29 is 24.0 Å². The summed E-state index contributed by atoms with van der Waals surface area (Å²) in [6, 6.07) is 9.64. The highest BCUT2D eigenvalue weighted by atomic mass is 16.6.